The van der Waals surface area contributed by atoms with Gasteiger partial charge in [0.2, 0.25) is 17.7 Å². The number of fused-ring (bicyclic) bond motifs is 1. The maximum absolute atomic E-state index is 12.9. The Bertz CT molecular complexity index is 1000. The molecule has 1 fully saturated rings. The number of halogens is 1. The number of carbonyl (C=O) groups is 3. The van der Waals surface area contributed by atoms with Gasteiger partial charge in [-0.2, -0.15) is 0 Å². The number of para-hydroxylation sites is 1. The number of carbonyl (C=O) groups excluding carboxylic acids is 3. The molecular formula is C22H22ClN3O3S. The normalized spacial score (nSPS) is 19.1. The van der Waals surface area contributed by atoms with E-state index in [2.05, 4.69) is 10.6 Å². The van der Waals surface area contributed by atoms with Gasteiger partial charge in [-0.15, -0.1) is 11.8 Å². The first-order valence-electron chi connectivity index (χ1n) is 9.85. The van der Waals surface area contributed by atoms with Gasteiger partial charge in [0, 0.05) is 34.6 Å². The Balaban J connectivity index is 1.34. The molecule has 0 aliphatic carbocycles. The number of piperidine rings is 1. The van der Waals surface area contributed by atoms with Gasteiger partial charge in [0.05, 0.1) is 5.69 Å². The number of nitrogens with zero attached hydrogens (tertiary/aromatic N) is 1. The topological polar surface area (TPSA) is 78.5 Å². The molecular weight excluding hydrogens is 422 g/mol. The van der Waals surface area contributed by atoms with Gasteiger partial charge in [-0.05, 0) is 49.6 Å². The van der Waals surface area contributed by atoms with Crippen molar-refractivity contribution in [3.63, 3.8) is 0 Å². The van der Waals surface area contributed by atoms with Crippen molar-refractivity contribution >= 4 is 52.5 Å². The van der Waals surface area contributed by atoms with E-state index in [1.54, 1.807) is 11.0 Å². The lowest BCUT2D eigenvalue weighted by Gasteiger charge is -2.34. The highest BCUT2D eigenvalue weighted by Gasteiger charge is 2.37. The van der Waals surface area contributed by atoms with Crippen LogP contribution in [-0.4, -0.2) is 41.0 Å². The first kappa shape index (κ1) is 20.8. The van der Waals surface area contributed by atoms with Gasteiger partial charge in [-0.3, -0.25) is 14.4 Å². The molecule has 156 valence electrons. The predicted molar refractivity (Wildman–Crippen MR) is 119 cm³/mol. The summed E-state index contributed by atoms with van der Waals surface area (Å²) in [5.74, 6) is -0.737. The van der Waals surface area contributed by atoms with Crippen molar-refractivity contribution in [2.24, 2.45) is 5.92 Å². The van der Waals surface area contributed by atoms with E-state index in [0.717, 1.165) is 16.1 Å². The lowest BCUT2D eigenvalue weighted by molar-refractivity contribution is -0.136. The van der Waals surface area contributed by atoms with E-state index < -0.39 is 5.25 Å². The van der Waals surface area contributed by atoms with E-state index in [9.17, 15) is 14.4 Å². The zero-order valence-corrected chi connectivity index (χ0v) is 18.1. The van der Waals surface area contributed by atoms with Crippen LogP contribution in [0.5, 0.6) is 0 Å². The van der Waals surface area contributed by atoms with Crippen molar-refractivity contribution in [2.75, 3.05) is 23.7 Å². The van der Waals surface area contributed by atoms with Crippen LogP contribution in [0.1, 0.15) is 18.4 Å². The number of aryl methyl sites for hydroxylation is 1. The standard InChI is InChI=1S/C22H22ClN3O3S/c1-13-6-7-15(12-16(13)23)24-20(27)14-8-10-26(11-9-14)22(29)19-21(28)25-17-4-2-3-5-18(17)30-19/h2-7,12,14,19H,8-11H2,1H3,(H,24,27)(H,25,28)/t19-/m1/s1. The molecule has 1 atom stereocenters. The minimum absolute atomic E-state index is 0.0688. The van der Waals surface area contributed by atoms with E-state index in [1.165, 1.54) is 11.8 Å². The number of anilines is 2. The number of benzene rings is 2. The third kappa shape index (κ3) is 4.32. The molecule has 2 aliphatic rings. The van der Waals surface area contributed by atoms with Crippen LogP contribution in [0.15, 0.2) is 47.4 Å². The van der Waals surface area contributed by atoms with Crippen molar-refractivity contribution in [1.29, 1.82) is 0 Å². The molecule has 0 saturated carbocycles. The maximum atomic E-state index is 12.9. The van der Waals surface area contributed by atoms with Crippen LogP contribution >= 0.6 is 23.4 Å². The van der Waals surface area contributed by atoms with Crippen molar-refractivity contribution in [2.45, 2.75) is 29.9 Å². The van der Waals surface area contributed by atoms with Crippen LogP contribution in [0.25, 0.3) is 0 Å². The van der Waals surface area contributed by atoms with Gasteiger partial charge in [0.15, 0.2) is 5.25 Å². The Hall–Kier alpha value is -2.51. The van der Waals surface area contributed by atoms with Gasteiger partial charge < -0.3 is 15.5 Å². The van der Waals surface area contributed by atoms with E-state index in [0.29, 0.717) is 36.6 Å². The molecule has 0 radical (unpaired) electrons. The quantitative estimate of drug-likeness (QED) is 0.704. The smallest absolute Gasteiger partial charge is 0.247 e. The molecule has 2 N–H and O–H groups in total. The molecule has 2 aromatic carbocycles. The van der Waals surface area contributed by atoms with Gasteiger partial charge >= 0.3 is 0 Å². The lowest BCUT2D eigenvalue weighted by atomic mass is 9.95. The summed E-state index contributed by atoms with van der Waals surface area (Å²) in [5, 5.41) is 5.54. The zero-order valence-electron chi connectivity index (χ0n) is 16.5. The summed E-state index contributed by atoms with van der Waals surface area (Å²) >= 11 is 7.41. The average molecular weight is 444 g/mol. The van der Waals surface area contributed by atoms with E-state index in [4.69, 9.17) is 11.6 Å². The summed E-state index contributed by atoms with van der Waals surface area (Å²) in [6.07, 6.45) is 1.12. The SMILES string of the molecule is Cc1ccc(NC(=O)C2CCN(C(=O)[C@@H]3Sc4ccccc4NC3=O)CC2)cc1Cl. The Labute approximate surface area is 184 Å². The number of nitrogens with one attached hydrogen (secondary N) is 2. The second-order valence-electron chi connectivity index (χ2n) is 7.54. The molecule has 8 heteroatoms. The lowest BCUT2D eigenvalue weighted by Crippen LogP contribution is -2.48. The molecule has 0 unspecified atom stereocenters. The molecule has 0 aromatic heterocycles. The number of rotatable bonds is 3. The average Bonchev–Trinajstić information content (AvgIpc) is 2.75. The van der Waals surface area contributed by atoms with Crippen molar-refractivity contribution < 1.29 is 14.4 Å². The molecule has 4 rings (SSSR count). The Morgan fingerprint density at radius 1 is 1.17 bits per heavy atom. The Morgan fingerprint density at radius 3 is 2.63 bits per heavy atom. The number of thioether (sulfide) groups is 1. The maximum Gasteiger partial charge on any atom is 0.247 e. The van der Waals surface area contributed by atoms with Crippen LogP contribution in [-0.2, 0) is 14.4 Å². The molecule has 3 amide bonds. The van der Waals surface area contributed by atoms with Crippen LogP contribution in [0.2, 0.25) is 5.02 Å². The first-order valence-corrected chi connectivity index (χ1v) is 11.1. The first-order chi connectivity index (χ1) is 14.4. The van der Waals surface area contributed by atoms with Gasteiger partial charge in [0.1, 0.15) is 0 Å². The number of likely N-dealkylation sites (tertiary alicyclic amines) is 1. The highest BCUT2D eigenvalue weighted by atomic mass is 35.5. The van der Waals surface area contributed by atoms with Gasteiger partial charge in [-0.25, -0.2) is 0 Å². The highest BCUT2D eigenvalue weighted by molar-refractivity contribution is 8.01. The van der Waals surface area contributed by atoms with Crippen molar-refractivity contribution in [1.82, 2.24) is 4.90 Å². The minimum atomic E-state index is -0.792. The van der Waals surface area contributed by atoms with Crippen LogP contribution in [0.3, 0.4) is 0 Å². The third-order valence-corrected chi connectivity index (χ3v) is 7.14. The fraction of sp³-hybridized carbons (Fsp3) is 0.318. The van der Waals surface area contributed by atoms with Gasteiger partial charge in [-0.1, -0.05) is 29.8 Å². The van der Waals surface area contributed by atoms with E-state index in [1.807, 2.05) is 43.3 Å². The molecule has 30 heavy (non-hydrogen) atoms. The summed E-state index contributed by atoms with van der Waals surface area (Å²) in [7, 11) is 0. The minimum Gasteiger partial charge on any atom is -0.341 e. The summed E-state index contributed by atoms with van der Waals surface area (Å²) < 4.78 is 0. The number of hydrogen-bond acceptors (Lipinski definition) is 4. The fourth-order valence-electron chi connectivity index (χ4n) is 3.66. The summed E-state index contributed by atoms with van der Waals surface area (Å²) in [5.41, 5.74) is 2.36. The molecule has 2 aliphatic heterocycles. The largest absolute Gasteiger partial charge is 0.341 e. The monoisotopic (exact) mass is 443 g/mol. The highest BCUT2D eigenvalue weighted by Crippen LogP contribution is 2.36. The zero-order chi connectivity index (χ0) is 21.3. The van der Waals surface area contributed by atoms with Crippen LogP contribution < -0.4 is 10.6 Å². The molecule has 0 spiro atoms. The van der Waals surface area contributed by atoms with Crippen molar-refractivity contribution in [3.8, 4) is 0 Å². The summed E-state index contributed by atoms with van der Waals surface area (Å²) in [4.78, 5) is 40.5. The van der Waals surface area contributed by atoms with Crippen molar-refractivity contribution in [3.05, 3.63) is 53.1 Å². The van der Waals surface area contributed by atoms with Gasteiger partial charge in [0.25, 0.3) is 0 Å². The molecule has 6 nitrogen and oxygen atoms in total. The molecule has 2 aromatic rings. The summed E-state index contributed by atoms with van der Waals surface area (Å²) in [6, 6.07) is 12.9. The van der Waals surface area contributed by atoms with E-state index in [-0.39, 0.29) is 23.6 Å². The second-order valence-corrected chi connectivity index (χ2v) is 9.09. The Morgan fingerprint density at radius 2 is 1.90 bits per heavy atom. The Kier molecular flexibility index (Phi) is 6.01. The molecule has 0 bridgehead atoms. The summed E-state index contributed by atoms with van der Waals surface area (Å²) in [6.45, 7) is 2.82. The molecule has 2 heterocycles. The van der Waals surface area contributed by atoms with Crippen LogP contribution in [0.4, 0.5) is 11.4 Å². The van der Waals surface area contributed by atoms with Crippen LogP contribution in [0, 0.1) is 12.8 Å². The predicted octanol–water partition coefficient (Wildman–Crippen LogP) is 3.94. The number of hydrogen-bond donors (Lipinski definition) is 2. The number of amides is 3. The molecule has 1 saturated heterocycles. The fourth-order valence-corrected chi connectivity index (χ4v) is 4.91. The second kappa shape index (κ2) is 8.70. The van der Waals surface area contributed by atoms with E-state index >= 15 is 0 Å². The third-order valence-electron chi connectivity index (χ3n) is 5.47.